The van der Waals surface area contributed by atoms with Gasteiger partial charge in [-0.1, -0.05) is 11.6 Å². The van der Waals surface area contributed by atoms with Crippen LogP contribution in [0.15, 0.2) is 29.2 Å². The van der Waals surface area contributed by atoms with Gasteiger partial charge in [-0.2, -0.15) is 4.72 Å². The Labute approximate surface area is 202 Å². The van der Waals surface area contributed by atoms with E-state index in [0.29, 0.717) is 10.4 Å². The fourth-order valence-corrected chi connectivity index (χ4v) is 5.43. The van der Waals surface area contributed by atoms with Crippen molar-refractivity contribution in [2.24, 2.45) is 0 Å². The molecule has 1 aromatic carbocycles. The molecule has 0 aliphatic carbocycles. The summed E-state index contributed by atoms with van der Waals surface area (Å²) in [7, 11) is -3.56. The van der Waals surface area contributed by atoms with Crippen LogP contribution in [0.1, 0.15) is 9.67 Å². The monoisotopic (exact) mass is 535 g/mol. The molecule has 1 aliphatic rings. The molecule has 1 fully saturated rings. The number of methoxy groups -OCH3 is 1. The molecule has 2 aromatic rings. The summed E-state index contributed by atoms with van der Waals surface area (Å²) >= 11 is 6.73. The highest BCUT2D eigenvalue weighted by Crippen LogP contribution is 2.36. The number of benzene rings is 1. The molecule has 1 saturated heterocycles. The lowest BCUT2D eigenvalue weighted by Crippen LogP contribution is -2.48. The minimum Gasteiger partial charge on any atom is -0.493 e. The van der Waals surface area contributed by atoms with Gasteiger partial charge in [0.1, 0.15) is 23.4 Å². The first kappa shape index (κ1) is 25.8. The third-order valence-electron chi connectivity index (χ3n) is 4.63. The van der Waals surface area contributed by atoms with Gasteiger partial charge in [0.25, 0.3) is 11.8 Å². The van der Waals surface area contributed by atoms with Crippen molar-refractivity contribution >= 4 is 56.4 Å². The zero-order chi connectivity index (χ0) is 25.0. The third-order valence-corrected chi connectivity index (χ3v) is 7.34. The highest BCUT2D eigenvalue weighted by molar-refractivity contribution is 7.89. The first-order valence-electron chi connectivity index (χ1n) is 9.58. The van der Waals surface area contributed by atoms with Crippen LogP contribution in [0.2, 0.25) is 4.34 Å². The minimum atomic E-state index is -4.69. The van der Waals surface area contributed by atoms with Crippen LogP contribution in [0.25, 0.3) is 0 Å². The SMILES string of the molecule is COc1c(N2CCOCC2=O)cc(F)cc1S(=O)(=O)N[C@@H](CNC(=O)c1ccc(Cl)s1)C(=O)O. The van der Waals surface area contributed by atoms with Crippen molar-refractivity contribution in [3.63, 3.8) is 0 Å². The topological polar surface area (TPSA) is 151 Å². The average molecular weight is 536 g/mol. The Kier molecular flexibility index (Phi) is 8.09. The van der Waals surface area contributed by atoms with Crippen molar-refractivity contribution in [3.05, 3.63) is 39.3 Å². The van der Waals surface area contributed by atoms with Gasteiger partial charge in [-0.3, -0.25) is 14.4 Å². The summed E-state index contributed by atoms with van der Waals surface area (Å²) in [6, 6.07) is 2.67. The van der Waals surface area contributed by atoms with Crippen molar-refractivity contribution in [2.45, 2.75) is 10.9 Å². The number of ether oxygens (including phenoxy) is 2. The van der Waals surface area contributed by atoms with Gasteiger partial charge in [0.05, 0.1) is 28.6 Å². The van der Waals surface area contributed by atoms with E-state index >= 15 is 0 Å². The van der Waals surface area contributed by atoms with Gasteiger partial charge in [-0.05, 0) is 18.2 Å². The Bertz CT molecular complexity index is 1220. The Morgan fingerprint density at radius 2 is 2.12 bits per heavy atom. The van der Waals surface area contributed by atoms with Crippen LogP contribution in [-0.2, 0) is 24.3 Å². The van der Waals surface area contributed by atoms with Crippen LogP contribution in [0.5, 0.6) is 5.75 Å². The maximum Gasteiger partial charge on any atom is 0.323 e. The van der Waals surface area contributed by atoms with E-state index in [9.17, 15) is 32.3 Å². The number of halogens is 2. The first-order chi connectivity index (χ1) is 16.0. The van der Waals surface area contributed by atoms with Gasteiger partial charge in [0, 0.05) is 19.2 Å². The molecule has 184 valence electrons. The predicted octanol–water partition coefficient (Wildman–Crippen LogP) is 1.07. The van der Waals surface area contributed by atoms with Gasteiger partial charge in [0.15, 0.2) is 5.75 Å². The number of carboxylic acid groups (broad SMARTS) is 1. The number of thiophene rings is 1. The summed E-state index contributed by atoms with van der Waals surface area (Å²) in [6.07, 6.45) is 0. The van der Waals surface area contributed by atoms with Gasteiger partial charge in [0.2, 0.25) is 10.0 Å². The molecule has 1 aliphatic heterocycles. The molecule has 15 heteroatoms. The van der Waals surface area contributed by atoms with Crippen molar-refractivity contribution in [1.29, 1.82) is 0 Å². The smallest absolute Gasteiger partial charge is 0.323 e. The molecule has 0 spiro atoms. The van der Waals surface area contributed by atoms with E-state index in [1.165, 1.54) is 12.1 Å². The summed E-state index contributed by atoms with van der Waals surface area (Å²) in [5.41, 5.74) is -0.147. The summed E-state index contributed by atoms with van der Waals surface area (Å²) < 4.78 is 52.9. The Balaban J connectivity index is 1.87. The number of amides is 2. The lowest BCUT2D eigenvalue weighted by atomic mass is 10.2. The van der Waals surface area contributed by atoms with Crippen molar-refractivity contribution in [2.75, 3.05) is 38.3 Å². The second-order valence-electron chi connectivity index (χ2n) is 6.88. The predicted molar refractivity (Wildman–Crippen MR) is 120 cm³/mol. The van der Waals surface area contributed by atoms with Gasteiger partial charge in [-0.15, -0.1) is 11.3 Å². The lowest BCUT2D eigenvalue weighted by Gasteiger charge is -2.29. The van der Waals surface area contributed by atoms with Gasteiger partial charge >= 0.3 is 5.97 Å². The number of morpholine rings is 1. The summed E-state index contributed by atoms with van der Waals surface area (Å²) in [4.78, 5) is 36.6. The Morgan fingerprint density at radius 1 is 1.38 bits per heavy atom. The molecule has 0 bridgehead atoms. The summed E-state index contributed by atoms with van der Waals surface area (Å²) in [6.45, 7) is -0.727. The van der Waals surface area contributed by atoms with E-state index < -0.39 is 51.1 Å². The molecule has 1 aromatic heterocycles. The van der Waals surface area contributed by atoms with Crippen LogP contribution in [-0.4, -0.2) is 70.8 Å². The van der Waals surface area contributed by atoms with Crippen LogP contribution in [0.3, 0.4) is 0 Å². The standard InChI is InChI=1S/C19H19ClFN3O8S2/c1-31-17-12(24-4-5-32-9-16(24)25)6-10(21)7-14(17)34(29,30)23-11(19(27)28)8-22-18(26)13-2-3-15(20)33-13/h2-3,6-7,11,23H,4-5,8-9H2,1H3,(H,22,26)(H,27,28)/t11-/m0/s1. The van der Waals surface area contributed by atoms with Crippen LogP contribution < -0.4 is 19.7 Å². The molecule has 2 amide bonds. The molecule has 0 saturated carbocycles. The number of carboxylic acids is 1. The first-order valence-corrected chi connectivity index (χ1v) is 12.3. The number of hydrogen-bond acceptors (Lipinski definition) is 8. The molecule has 3 rings (SSSR count). The largest absolute Gasteiger partial charge is 0.493 e. The minimum absolute atomic E-state index is 0.0298. The number of carbonyl (C=O) groups excluding carboxylic acids is 2. The zero-order valence-corrected chi connectivity index (χ0v) is 19.9. The van der Waals surface area contributed by atoms with E-state index in [2.05, 4.69) is 5.32 Å². The molecule has 0 radical (unpaired) electrons. The van der Waals surface area contributed by atoms with E-state index in [0.717, 1.165) is 29.4 Å². The molecule has 1 atom stereocenters. The quantitative estimate of drug-likeness (QED) is 0.431. The van der Waals surface area contributed by atoms with Gasteiger partial charge in [-0.25, -0.2) is 12.8 Å². The zero-order valence-electron chi connectivity index (χ0n) is 17.5. The number of nitrogens with zero attached hydrogens (tertiary/aromatic N) is 1. The maximum atomic E-state index is 14.4. The van der Waals surface area contributed by atoms with Crippen LogP contribution in [0.4, 0.5) is 10.1 Å². The van der Waals surface area contributed by atoms with Crippen LogP contribution in [0, 0.1) is 5.82 Å². The Morgan fingerprint density at radius 3 is 2.71 bits per heavy atom. The van der Waals surface area contributed by atoms with E-state index in [-0.39, 0.29) is 36.1 Å². The second kappa shape index (κ2) is 10.7. The summed E-state index contributed by atoms with van der Waals surface area (Å²) in [5, 5.41) is 11.8. The van der Waals surface area contributed by atoms with Crippen LogP contribution >= 0.6 is 22.9 Å². The van der Waals surface area contributed by atoms with Crippen molar-refractivity contribution in [1.82, 2.24) is 10.0 Å². The highest BCUT2D eigenvalue weighted by atomic mass is 35.5. The van der Waals surface area contributed by atoms with E-state index in [4.69, 9.17) is 21.1 Å². The lowest BCUT2D eigenvalue weighted by molar-refractivity contribution is -0.138. The number of aliphatic carboxylic acids is 1. The number of rotatable bonds is 9. The van der Waals surface area contributed by atoms with Gasteiger partial charge < -0.3 is 24.8 Å². The number of nitrogens with one attached hydrogen (secondary N) is 2. The molecular weight excluding hydrogens is 517 g/mol. The molecular formula is C19H19ClFN3O8S2. The second-order valence-corrected chi connectivity index (χ2v) is 10.3. The number of hydrogen-bond donors (Lipinski definition) is 3. The van der Waals surface area contributed by atoms with Crippen molar-refractivity contribution < 1.29 is 41.8 Å². The fourth-order valence-electron chi connectivity index (χ4n) is 3.08. The molecule has 0 unspecified atom stereocenters. The molecule has 3 N–H and O–H groups in total. The number of carbonyl (C=O) groups is 3. The van der Waals surface area contributed by atoms with Crippen molar-refractivity contribution in [3.8, 4) is 5.75 Å². The average Bonchev–Trinajstić information content (AvgIpc) is 3.22. The molecule has 34 heavy (non-hydrogen) atoms. The fraction of sp³-hybridized carbons (Fsp3) is 0.316. The molecule has 11 nitrogen and oxygen atoms in total. The maximum absolute atomic E-state index is 14.4. The number of sulfonamides is 1. The Hall–Kier alpha value is -2.78. The van der Waals surface area contributed by atoms with E-state index in [1.807, 2.05) is 4.72 Å². The van der Waals surface area contributed by atoms with E-state index in [1.54, 1.807) is 0 Å². The number of anilines is 1. The molecule has 2 heterocycles. The highest BCUT2D eigenvalue weighted by Gasteiger charge is 2.33. The normalized spacial score (nSPS) is 15.1. The summed E-state index contributed by atoms with van der Waals surface area (Å²) in [5.74, 6) is -4.13. The third kappa shape index (κ3) is 5.82.